The van der Waals surface area contributed by atoms with E-state index in [1.807, 2.05) is 25.7 Å². The van der Waals surface area contributed by atoms with Crippen molar-refractivity contribution in [2.45, 2.75) is 52.5 Å². The van der Waals surface area contributed by atoms with E-state index < -0.39 is 0 Å². The second-order valence-electron chi connectivity index (χ2n) is 7.07. The van der Waals surface area contributed by atoms with Crippen LogP contribution in [0.2, 0.25) is 0 Å². The van der Waals surface area contributed by atoms with Crippen LogP contribution in [0.3, 0.4) is 0 Å². The Morgan fingerprint density at radius 3 is 2.41 bits per heavy atom. The van der Waals surface area contributed by atoms with Crippen LogP contribution in [0.25, 0.3) is 0 Å². The van der Waals surface area contributed by atoms with Crippen molar-refractivity contribution in [2.24, 2.45) is 11.3 Å². The van der Waals surface area contributed by atoms with Gasteiger partial charge in [0.1, 0.15) is 0 Å². The zero-order chi connectivity index (χ0) is 15.5. The zero-order valence-corrected chi connectivity index (χ0v) is 14.8. The Bertz CT molecular complexity index is 387. The SMILES string of the molecule is CC(C)C(=O)N1CCC(NC(=O)C2(C)CCCNC2)CC1.Cl. The molecule has 0 aromatic heterocycles. The fourth-order valence-corrected chi connectivity index (χ4v) is 3.22. The third kappa shape index (κ3) is 4.59. The molecule has 2 rings (SSSR count). The highest BCUT2D eigenvalue weighted by Crippen LogP contribution is 2.26. The monoisotopic (exact) mass is 331 g/mol. The average molecular weight is 332 g/mol. The number of carbonyl (C=O) groups is 2. The minimum atomic E-state index is -0.275. The number of halogens is 1. The van der Waals surface area contributed by atoms with Gasteiger partial charge in [-0.25, -0.2) is 0 Å². The molecule has 22 heavy (non-hydrogen) atoms. The number of hydrogen-bond acceptors (Lipinski definition) is 3. The van der Waals surface area contributed by atoms with Gasteiger partial charge in [-0.15, -0.1) is 12.4 Å². The number of nitrogens with zero attached hydrogens (tertiary/aromatic N) is 1. The summed E-state index contributed by atoms with van der Waals surface area (Å²) in [5.74, 6) is 0.454. The van der Waals surface area contributed by atoms with E-state index in [2.05, 4.69) is 10.6 Å². The summed E-state index contributed by atoms with van der Waals surface area (Å²) in [6, 6.07) is 0.215. The molecule has 2 fully saturated rings. The molecule has 0 aromatic rings. The predicted molar refractivity (Wildman–Crippen MR) is 90.0 cm³/mol. The average Bonchev–Trinajstić information content (AvgIpc) is 2.48. The van der Waals surface area contributed by atoms with Gasteiger partial charge in [-0.05, 0) is 39.2 Å². The molecule has 0 spiro atoms. The lowest BCUT2D eigenvalue weighted by molar-refractivity contribution is -0.136. The summed E-state index contributed by atoms with van der Waals surface area (Å²) in [6.45, 7) is 9.22. The summed E-state index contributed by atoms with van der Waals surface area (Å²) in [5.41, 5.74) is -0.275. The Hall–Kier alpha value is -0.810. The maximum Gasteiger partial charge on any atom is 0.227 e. The quantitative estimate of drug-likeness (QED) is 0.825. The van der Waals surface area contributed by atoms with E-state index >= 15 is 0 Å². The van der Waals surface area contributed by atoms with Gasteiger partial charge < -0.3 is 15.5 Å². The number of hydrogen-bond donors (Lipinski definition) is 2. The van der Waals surface area contributed by atoms with Crippen molar-refractivity contribution < 1.29 is 9.59 Å². The van der Waals surface area contributed by atoms with Crippen molar-refractivity contribution in [1.29, 1.82) is 0 Å². The van der Waals surface area contributed by atoms with E-state index in [4.69, 9.17) is 0 Å². The van der Waals surface area contributed by atoms with Crippen molar-refractivity contribution in [3.8, 4) is 0 Å². The lowest BCUT2D eigenvalue weighted by atomic mass is 9.81. The molecule has 2 amide bonds. The fraction of sp³-hybridized carbons (Fsp3) is 0.875. The Balaban J connectivity index is 0.00000242. The first-order valence-electron chi connectivity index (χ1n) is 8.23. The van der Waals surface area contributed by atoms with Gasteiger partial charge in [-0.2, -0.15) is 0 Å². The van der Waals surface area contributed by atoms with Gasteiger partial charge >= 0.3 is 0 Å². The molecule has 5 nitrogen and oxygen atoms in total. The van der Waals surface area contributed by atoms with Crippen molar-refractivity contribution >= 4 is 24.2 Å². The molecule has 6 heteroatoms. The molecule has 0 aromatic carbocycles. The predicted octanol–water partition coefficient (Wildman–Crippen LogP) is 1.56. The first-order chi connectivity index (χ1) is 9.92. The highest BCUT2D eigenvalue weighted by molar-refractivity contribution is 5.85. The van der Waals surface area contributed by atoms with Gasteiger partial charge in [0.2, 0.25) is 11.8 Å². The number of amides is 2. The van der Waals surface area contributed by atoms with Gasteiger partial charge in [0.05, 0.1) is 5.41 Å². The summed E-state index contributed by atoms with van der Waals surface area (Å²) in [5, 5.41) is 6.52. The Morgan fingerprint density at radius 1 is 1.27 bits per heavy atom. The van der Waals surface area contributed by atoms with Crippen LogP contribution in [0.5, 0.6) is 0 Å². The number of likely N-dealkylation sites (tertiary alicyclic amines) is 1. The van der Waals surface area contributed by atoms with Crippen LogP contribution < -0.4 is 10.6 Å². The second-order valence-corrected chi connectivity index (χ2v) is 7.07. The van der Waals surface area contributed by atoms with E-state index in [1.54, 1.807) is 0 Å². The number of nitrogens with one attached hydrogen (secondary N) is 2. The van der Waals surface area contributed by atoms with E-state index in [0.29, 0.717) is 0 Å². The molecule has 128 valence electrons. The molecule has 2 aliphatic heterocycles. The molecule has 2 saturated heterocycles. The van der Waals surface area contributed by atoms with Crippen LogP contribution in [0.1, 0.15) is 46.5 Å². The first kappa shape index (κ1) is 19.2. The lowest BCUT2D eigenvalue weighted by Gasteiger charge is -2.37. The van der Waals surface area contributed by atoms with Gasteiger partial charge in [0, 0.05) is 31.6 Å². The Morgan fingerprint density at radius 2 is 1.91 bits per heavy atom. The van der Waals surface area contributed by atoms with Crippen molar-refractivity contribution in [3.63, 3.8) is 0 Å². The smallest absolute Gasteiger partial charge is 0.227 e. The molecule has 2 heterocycles. The molecular weight excluding hydrogens is 302 g/mol. The topological polar surface area (TPSA) is 61.4 Å². The highest BCUT2D eigenvalue weighted by atomic mass is 35.5. The molecule has 2 N–H and O–H groups in total. The molecule has 0 radical (unpaired) electrons. The fourth-order valence-electron chi connectivity index (χ4n) is 3.22. The van der Waals surface area contributed by atoms with Gasteiger partial charge in [0.25, 0.3) is 0 Å². The number of rotatable bonds is 3. The van der Waals surface area contributed by atoms with Gasteiger partial charge in [0.15, 0.2) is 0 Å². The van der Waals surface area contributed by atoms with E-state index in [0.717, 1.165) is 51.9 Å². The van der Waals surface area contributed by atoms with Crippen molar-refractivity contribution in [1.82, 2.24) is 15.5 Å². The largest absolute Gasteiger partial charge is 0.353 e. The Labute approximate surface area is 140 Å². The van der Waals surface area contributed by atoms with Crippen LogP contribution in [-0.4, -0.2) is 48.9 Å². The molecule has 1 atom stereocenters. The zero-order valence-electron chi connectivity index (χ0n) is 14.0. The standard InChI is InChI=1S/C16H29N3O2.ClH/c1-12(2)14(20)19-9-5-13(6-10-19)18-15(21)16(3)7-4-8-17-11-16;/h12-13,17H,4-11H2,1-3H3,(H,18,21);1H. The van der Waals surface area contributed by atoms with Crippen LogP contribution in [0.15, 0.2) is 0 Å². The summed E-state index contributed by atoms with van der Waals surface area (Å²) in [7, 11) is 0. The number of piperidine rings is 2. The normalized spacial score (nSPS) is 26.5. The molecule has 0 bridgehead atoms. The van der Waals surface area contributed by atoms with Crippen molar-refractivity contribution in [3.05, 3.63) is 0 Å². The second kappa shape index (κ2) is 8.16. The van der Waals surface area contributed by atoms with Gasteiger partial charge in [-0.3, -0.25) is 9.59 Å². The molecule has 0 aliphatic carbocycles. The van der Waals surface area contributed by atoms with E-state index in [9.17, 15) is 9.59 Å². The third-order valence-corrected chi connectivity index (χ3v) is 4.78. The lowest BCUT2D eigenvalue weighted by Crippen LogP contribution is -2.53. The van der Waals surface area contributed by atoms with Crippen molar-refractivity contribution in [2.75, 3.05) is 26.2 Å². The summed E-state index contributed by atoms with van der Waals surface area (Å²) in [6.07, 6.45) is 3.75. The number of carbonyl (C=O) groups excluding carboxylic acids is 2. The minimum Gasteiger partial charge on any atom is -0.353 e. The van der Waals surface area contributed by atoms with E-state index in [-0.39, 0.29) is 41.6 Å². The highest BCUT2D eigenvalue weighted by Gasteiger charge is 2.36. The maximum absolute atomic E-state index is 12.5. The van der Waals surface area contributed by atoms with Crippen LogP contribution in [0, 0.1) is 11.3 Å². The molecule has 0 saturated carbocycles. The summed E-state index contributed by atoms with van der Waals surface area (Å²) < 4.78 is 0. The van der Waals surface area contributed by atoms with Crippen LogP contribution in [0.4, 0.5) is 0 Å². The molecule has 1 unspecified atom stereocenters. The maximum atomic E-state index is 12.5. The van der Waals surface area contributed by atoms with Crippen LogP contribution in [-0.2, 0) is 9.59 Å². The first-order valence-corrected chi connectivity index (χ1v) is 8.23. The van der Waals surface area contributed by atoms with E-state index in [1.165, 1.54) is 0 Å². The molecule has 2 aliphatic rings. The molecular formula is C16H30ClN3O2. The van der Waals surface area contributed by atoms with Crippen LogP contribution >= 0.6 is 12.4 Å². The minimum absolute atomic E-state index is 0. The Kier molecular flexibility index (Phi) is 7.13. The third-order valence-electron chi connectivity index (χ3n) is 4.78. The van der Waals surface area contributed by atoms with Gasteiger partial charge in [-0.1, -0.05) is 13.8 Å². The summed E-state index contributed by atoms with van der Waals surface area (Å²) in [4.78, 5) is 26.4. The summed E-state index contributed by atoms with van der Waals surface area (Å²) >= 11 is 0.